The van der Waals surface area contributed by atoms with Crippen LogP contribution in [0.3, 0.4) is 0 Å². The first-order chi connectivity index (χ1) is 9.61. The summed E-state index contributed by atoms with van der Waals surface area (Å²) in [6.07, 6.45) is 0.828. The van der Waals surface area contributed by atoms with Gasteiger partial charge in [0.05, 0.1) is 0 Å². The van der Waals surface area contributed by atoms with E-state index in [2.05, 4.69) is 0 Å². The molecule has 2 aromatic rings. The van der Waals surface area contributed by atoms with Gasteiger partial charge in [-0.05, 0) is 36.2 Å². The van der Waals surface area contributed by atoms with Crippen molar-refractivity contribution in [3.8, 4) is 0 Å². The van der Waals surface area contributed by atoms with Crippen LogP contribution in [0.5, 0.6) is 0 Å². The standard InChI is InChI=1S/C16H17ClFNS/c1-2-14(19)16(11-7-9-12(17)10-8-11)20-15-6-4-3-5-13(15)18/h3-10,14,16H,2,19H2,1H3. The van der Waals surface area contributed by atoms with E-state index in [9.17, 15) is 4.39 Å². The molecule has 2 N–H and O–H groups in total. The molecule has 2 aromatic carbocycles. The van der Waals surface area contributed by atoms with Gasteiger partial charge in [-0.15, -0.1) is 11.8 Å². The molecule has 4 heteroatoms. The third-order valence-corrected chi connectivity index (χ3v) is 4.86. The highest BCUT2D eigenvalue weighted by atomic mass is 35.5. The molecule has 2 rings (SSSR count). The predicted octanol–water partition coefficient (Wildman–Crippen LogP) is 5.05. The van der Waals surface area contributed by atoms with Gasteiger partial charge in [0.15, 0.2) is 0 Å². The topological polar surface area (TPSA) is 26.0 Å². The normalized spacial score (nSPS) is 14.0. The fourth-order valence-corrected chi connectivity index (χ4v) is 3.34. The Balaban J connectivity index is 2.29. The fraction of sp³-hybridized carbons (Fsp3) is 0.250. The molecular weight excluding hydrogens is 293 g/mol. The van der Waals surface area contributed by atoms with Crippen LogP contribution in [0.2, 0.25) is 5.02 Å². The first-order valence-corrected chi connectivity index (χ1v) is 7.79. The van der Waals surface area contributed by atoms with Crippen LogP contribution in [0.25, 0.3) is 0 Å². The van der Waals surface area contributed by atoms with Gasteiger partial charge in [-0.2, -0.15) is 0 Å². The molecule has 0 radical (unpaired) electrons. The van der Waals surface area contributed by atoms with Crippen molar-refractivity contribution in [3.63, 3.8) is 0 Å². The van der Waals surface area contributed by atoms with Gasteiger partial charge in [0.25, 0.3) is 0 Å². The van der Waals surface area contributed by atoms with E-state index < -0.39 is 0 Å². The summed E-state index contributed by atoms with van der Waals surface area (Å²) in [7, 11) is 0. The molecule has 2 atom stereocenters. The van der Waals surface area contributed by atoms with Gasteiger partial charge >= 0.3 is 0 Å². The van der Waals surface area contributed by atoms with Gasteiger partial charge in [0.1, 0.15) is 5.82 Å². The Hall–Kier alpha value is -1.03. The highest BCUT2D eigenvalue weighted by Crippen LogP contribution is 2.39. The Labute approximate surface area is 128 Å². The molecule has 0 amide bonds. The Kier molecular flexibility index (Phi) is 5.46. The molecule has 1 nitrogen and oxygen atoms in total. The summed E-state index contributed by atoms with van der Waals surface area (Å²) in [6.45, 7) is 2.04. The van der Waals surface area contributed by atoms with Crippen LogP contribution < -0.4 is 5.73 Å². The van der Waals surface area contributed by atoms with E-state index in [-0.39, 0.29) is 17.1 Å². The first-order valence-electron chi connectivity index (χ1n) is 6.54. The number of halogens is 2. The highest BCUT2D eigenvalue weighted by molar-refractivity contribution is 7.99. The van der Waals surface area contributed by atoms with Crippen LogP contribution in [0.1, 0.15) is 24.2 Å². The van der Waals surface area contributed by atoms with Crippen LogP contribution in [-0.4, -0.2) is 6.04 Å². The Morgan fingerprint density at radius 1 is 1.15 bits per heavy atom. The third kappa shape index (κ3) is 3.75. The molecule has 2 unspecified atom stereocenters. The average molecular weight is 310 g/mol. The van der Waals surface area contributed by atoms with Crippen molar-refractivity contribution >= 4 is 23.4 Å². The van der Waals surface area contributed by atoms with E-state index in [0.717, 1.165) is 12.0 Å². The number of hydrogen-bond acceptors (Lipinski definition) is 2. The molecule has 0 aliphatic heterocycles. The van der Waals surface area contributed by atoms with Crippen molar-refractivity contribution in [1.82, 2.24) is 0 Å². The van der Waals surface area contributed by atoms with Gasteiger partial charge in [0, 0.05) is 21.2 Å². The lowest BCUT2D eigenvalue weighted by molar-refractivity contribution is 0.597. The first kappa shape index (κ1) is 15.4. The van der Waals surface area contributed by atoms with Crippen molar-refractivity contribution < 1.29 is 4.39 Å². The average Bonchev–Trinajstić information content (AvgIpc) is 2.47. The maximum absolute atomic E-state index is 13.8. The number of hydrogen-bond donors (Lipinski definition) is 1. The molecule has 0 fully saturated rings. The van der Waals surface area contributed by atoms with E-state index in [0.29, 0.717) is 9.92 Å². The lowest BCUT2D eigenvalue weighted by atomic mass is 10.0. The summed E-state index contributed by atoms with van der Waals surface area (Å²) in [4.78, 5) is 0.622. The molecule has 0 bridgehead atoms. The van der Waals surface area contributed by atoms with Crippen molar-refractivity contribution in [1.29, 1.82) is 0 Å². The smallest absolute Gasteiger partial charge is 0.136 e. The van der Waals surface area contributed by atoms with Gasteiger partial charge in [-0.3, -0.25) is 0 Å². The van der Waals surface area contributed by atoms with Crippen molar-refractivity contribution in [2.24, 2.45) is 5.73 Å². The quantitative estimate of drug-likeness (QED) is 0.782. The SMILES string of the molecule is CCC(N)C(Sc1ccccc1F)c1ccc(Cl)cc1. The fourth-order valence-electron chi connectivity index (χ4n) is 1.95. The molecule has 0 saturated heterocycles. The number of benzene rings is 2. The molecule has 0 saturated carbocycles. The summed E-state index contributed by atoms with van der Waals surface area (Å²) in [6, 6.07) is 14.3. The lowest BCUT2D eigenvalue weighted by Crippen LogP contribution is -2.25. The number of rotatable bonds is 5. The monoisotopic (exact) mass is 309 g/mol. The van der Waals surface area contributed by atoms with E-state index in [4.69, 9.17) is 17.3 Å². The zero-order chi connectivity index (χ0) is 14.5. The molecule has 0 aliphatic rings. The predicted molar refractivity (Wildman–Crippen MR) is 84.7 cm³/mol. The number of nitrogens with two attached hydrogens (primary N) is 1. The Morgan fingerprint density at radius 2 is 1.80 bits per heavy atom. The minimum atomic E-state index is -0.209. The van der Waals surface area contributed by atoms with Gasteiger partial charge in [-0.1, -0.05) is 42.8 Å². The van der Waals surface area contributed by atoms with E-state index in [1.807, 2.05) is 37.3 Å². The minimum absolute atomic E-state index is 0.00849. The maximum Gasteiger partial charge on any atom is 0.136 e. The zero-order valence-corrected chi connectivity index (χ0v) is 12.8. The second-order valence-electron chi connectivity index (χ2n) is 4.59. The van der Waals surface area contributed by atoms with E-state index in [1.54, 1.807) is 12.1 Å². The van der Waals surface area contributed by atoms with E-state index in [1.165, 1.54) is 17.8 Å². The summed E-state index contributed by atoms with van der Waals surface area (Å²) in [5.74, 6) is -0.209. The third-order valence-electron chi connectivity index (χ3n) is 3.15. The van der Waals surface area contributed by atoms with Crippen molar-refractivity contribution in [2.75, 3.05) is 0 Å². The molecule has 106 valence electrons. The van der Waals surface area contributed by atoms with Gasteiger partial charge < -0.3 is 5.73 Å². The summed E-state index contributed by atoms with van der Waals surface area (Å²) in [5, 5.41) is 0.697. The largest absolute Gasteiger partial charge is 0.326 e. The Bertz CT molecular complexity index is 559. The van der Waals surface area contributed by atoms with Crippen molar-refractivity contribution in [3.05, 3.63) is 64.9 Å². The van der Waals surface area contributed by atoms with Crippen LogP contribution in [0, 0.1) is 5.82 Å². The molecule has 20 heavy (non-hydrogen) atoms. The van der Waals surface area contributed by atoms with Crippen molar-refractivity contribution in [2.45, 2.75) is 29.5 Å². The van der Waals surface area contributed by atoms with E-state index >= 15 is 0 Å². The maximum atomic E-state index is 13.8. The molecule has 0 heterocycles. The molecule has 0 spiro atoms. The summed E-state index contributed by atoms with van der Waals surface area (Å²) < 4.78 is 13.8. The minimum Gasteiger partial charge on any atom is -0.326 e. The second kappa shape index (κ2) is 7.11. The zero-order valence-electron chi connectivity index (χ0n) is 11.2. The molecule has 0 aliphatic carbocycles. The summed E-state index contributed by atoms with van der Waals surface area (Å²) >= 11 is 7.38. The van der Waals surface area contributed by atoms with Crippen LogP contribution >= 0.6 is 23.4 Å². The highest BCUT2D eigenvalue weighted by Gasteiger charge is 2.21. The van der Waals surface area contributed by atoms with Gasteiger partial charge in [-0.25, -0.2) is 4.39 Å². The molecule has 0 aromatic heterocycles. The van der Waals surface area contributed by atoms with Crippen LogP contribution in [0.15, 0.2) is 53.4 Å². The van der Waals surface area contributed by atoms with Crippen LogP contribution in [-0.2, 0) is 0 Å². The van der Waals surface area contributed by atoms with Gasteiger partial charge in [0.2, 0.25) is 0 Å². The lowest BCUT2D eigenvalue weighted by Gasteiger charge is -2.23. The summed E-state index contributed by atoms with van der Waals surface area (Å²) in [5.41, 5.74) is 7.28. The number of thioether (sulfide) groups is 1. The Morgan fingerprint density at radius 3 is 2.40 bits per heavy atom. The van der Waals surface area contributed by atoms with Crippen LogP contribution in [0.4, 0.5) is 4.39 Å². The molecular formula is C16H17ClFNS. The second-order valence-corrected chi connectivity index (χ2v) is 6.21.